The van der Waals surface area contributed by atoms with E-state index in [1.54, 1.807) is 0 Å². The Morgan fingerprint density at radius 2 is 0.962 bits per heavy atom. The number of nitrogens with zero attached hydrogens (tertiary/aromatic N) is 4. The molecule has 0 amide bonds. The van der Waals surface area contributed by atoms with Crippen molar-refractivity contribution in [1.82, 2.24) is 19.5 Å². The molecule has 0 radical (unpaired) electrons. The summed E-state index contributed by atoms with van der Waals surface area (Å²) in [6, 6.07) is 59.1. The Morgan fingerprint density at radius 3 is 1.71 bits per heavy atom. The summed E-state index contributed by atoms with van der Waals surface area (Å²) in [6.45, 7) is 0. The van der Waals surface area contributed by atoms with Gasteiger partial charge in [-0.1, -0.05) is 133 Å². The summed E-state index contributed by atoms with van der Waals surface area (Å²) in [4.78, 5) is 15.0. The SMILES string of the molecule is c1ccc(-c2nc(-c3ccccc3)nc(-c3cccc(-n4c5ccc6ccccc6c5c5c6c(ccc7c8ccccc8oc76)ccc54)c3)n2)cc1. The zero-order valence-corrected chi connectivity index (χ0v) is 27.9. The number of furan rings is 1. The van der Waals surface area contributed by atoms with E-state index in [1.807, 2.05) is 66.7 Å². The van der Waals surface area contributed by atoms with E-state index in [9.17, 15) is 0 Å². The van der Waals surface area contributed by atoms with Crippen molar-refractivity contribution in [3.63, 3.8) is 0 Å². The first-order chi connectivity index (χ1) is 25.8. The van der Waals surface area contributed by atoms with Gasteiger partial charge >= 0.3 is 0 Å². The lowest BCUT2D eigenvalue weighted by Gasteiger charge is -2.12. The van der Waals surface area contributed by atoms with Crippen molar-refractivity contribution in [2.24, 2.45) is 0 Å². The van der Waals surface area contributed by atoms with Crippen molar-refractivity contribution in [2.45, 2.75) is 0 Å². The fourth-order valence-corrected chi connectivity index (χ4v) is 7.86. The molecule has 0 spiro atoms. The lowest BCUT2D eigenvalue weighted by molar-refractivity contribution is 0.673. The normalized spacial score (nSPS) is 11.8. The van der Waals surface area contributed by atoms with Crippen molar-refractivity contribution in [3.8, 4) is 39.9 Å². The molecule has 242 valence electrons. The predicted octanol–water partition coefficient (Wildman–Crippen LogP) is 12.2. The van der Waals surface area contributed by atoms with Crippen molar-refractivity contribution < 1.29 is 4.42 Å². The Kier molecular flexibility index (Phi) is 6.18. The van der Waals surface area contributed by atoms with E-state index in [-0.39, 0.29) is 0 Å². The summed E-state index contributed by atoms with van der Waals surface area (Å²) in [6.07, 6.45) is 0. The van der Waals surface area contributed by atoms with Crippen molar-refractivity contribution in [1.29, 1.82) is 0 Å². The molecule has 0 atom stereocenters. The number of fused-ring (bicyclic) bond motifs is 11. The average Bonchev–Trinajstić information content (AvgIpc) is 3.78. The van der Waals surface area contributed by atoms with E-state index in [0.717, 1.165) is 66.1 Å². The molecule has 0 aliphatic rings. The second kappa shape index (κ2) is 11.2. The number of rotatable bonds is 4. The summed E-state index contributed by atoms with van der Waals surface area (Å²) >= 11 is 0. The van der Waals surface area contributed by atoms with E-state index in [0.29, 0.717) is 17.5 Å². The van der Waals surface area contributed by atoms with Gasteiger partial charge in [0.1, 0.15) is 11.2 Å². The Balaban J connectivity index is 1.21. The highest BCUT2D eigenvalue weighted by Crippen LogP contribution is 2.44. The second-order valence-corrected chi connectivity index (χ2v) is 13.2. The van der Waals surface area contributed by atoms with Crippen molar-refractivity contribution >= 4 is 65.3 Å². The van der Waals surface area contributed by atoms with Gasteiger partial charge in [-0.15, -0.1) is 0 Å². The molecule has 3 heterocycles. The molecule has 0 aliphatic carbocycles. The Morgan fingerprint density at radius 1 is 0.385 bits per heavy atom. The molecule has 5 heteroatoms. The molecule has 3 aromatic heterocycles. The van der Waals surface area contributed by atoms with Crippen LogP contribution in [0, 0.1) is 0 Å². The summed E-state index contributed by atoms with van der Waals surface area (Å²) < 4.78 is 9.06. The quantitative estimate of drug-likeness (QED) is 0.188. The predicted molar refractivity (Wildman–Crippen MR) is 213 cm³/mol. The Labute approximate surface area is 298 Å². The molecule has 11 rings (SSSR count). The van der Waals surface area contributed by atoms with Gasteiger partial charge in [-0.2, -0.15) is 0 Å². The van der Waals surface area contributed by atoms with Gasteiger partial charge in [0.15, 0.2) is 17.5 Å². The van der Waals surface area contributed by atoms with Crippen LogP contribution in [0.4, 0.5) is 0 Å². The molecule has 0 aliphatic heterocycles. The fourth-order valence-electron chi connectivity index (χ4n) is 7.86. The lowest BCUT2D eigenvalue weighted by Crippen LogP contribution is -2.01. The maximum Gasteiger partial charge on any atom is 0.164 e. The number of para-hydroxylation sites is 1. The van der Waals surface area contributed by atoms with Gasteiger partial charge in [0, 0.05) is 49.3 Å². The number of hydrogen-bond acceptors (Lipinski definition) is 4. The van der Waals surface area contributed by atoms with Gasteiger partial charge in [-0.3, -0.25) is 0 Å². The lowest BCUT2D eigenvalue weighted by atomic mass is 9.98. The first-order valence-electron chi connectivity index (χ1n) is 17.5. The van der Waals surface area contributed by atoms with E-state index in [2.05, 4.69) is 108 Å². The van der Waals surface area contributed by atoms with Crippen molar-refractivity contribution in [2.75, 3.05) is 0 Å². The van der Waals surface area contributed by atoms with Gasteiger partial charge in [0.2, 0.25) is 0 Å². The van der Waals surface area contributed by atoms with E-state index >= 15 is 0 Å². The van der Waals surface area contributed by atoms with Crippen LogP contribution in [0.5, 0.6) is 0 Å². The molecule has 0 saturated heterocycles. The van der Waals surface area contributed by atoms with Gasteiger partial charge in [-0.05, 0) is 52.6 Å². The van der Waals surface area contributed by atoms with Gasteiger partial charge in [0.25, 0.3) is 0 Å². The topological polar surface area (TPSA) is 56.7 Å². The third-order valence-corrected chi connectivity index (χ3v) is 10.2. The standard InChI is InChI=1S/C47H28N4O/c1-3-13-31(14-4-1)45-48-46(32-15-5-2-6-16-32)50-47(49-45)33-17-11-18-34(28-33)51-38-26-23-29-12-7-8-19-35(29)42(38)43-39(51)27-24-30-22-25-37-36-20-9-10-21-40(36)52-44(37)41(30)43/h1-28H. The molecule has 0 N–H and O–H groups in total. The van der Waals surface area contributed by atoms with Crippen LogP contribution >= 0.6 is 0 Å². The summed E-state index contributed by atoms with van der Waals surface area (Å²) in [5.41, 5.74) is 7.85. The molecule has 0 fully saturated rings. The minimum Gasteiger partial charge on any atom is -0.455 e. The Bertz CT molecular complexity index is 3120. The molecule has 8 aromatic carbocycles. The first-order valence-corrected chi connectivity index (χ1v) is 17.5. The monoisotopic (exact) mass is 664 g/mol. The fraction of sp³-hybridized carbons (Fsp3) is 0. The smallest absolute Gasteiger partial charge is 0.164 e. The molecule has 0 saturated carbocycles. The molecular weight excluding hydrogens is 637 g/mol. The molecule has 0 bridgehead atoms. The zero-order chi connectivity index (χ0) is 34.2. The van der Waals surface area contributed by atoms with Crippen LogP contribution in [0.1, 0.15) is 0 Å². The molecule has 0 unspecified atom stereocenters. The Hall–Kier alpha value is -7.11. The van der Waals surface area contributed by atoms with E-state index in [1.165, 1.54) is 21.5 Å². The summed E-state index contributed by atoms with van der Waals surface area (Å²) in [5.74, 6) is 1.90. The highest BCUT2D eigenvalue weighted by molar-refractivity contribution is 6.33. The van der Waals surface area contributed by atoms with Crippen LogP contribution in [0.3, 0.4) is 0 Å². The van der Waals surface area contributed by atoms with E-state index < -0.39 is 0 Å². The maximum atomic E-state index is 6.69. The average molecular weight is 665 g/mol. The zero-order valence-electron chi connectivity index (χ0n) is 27.9. The van der Waals surface area contributed by atoms with Gasteiger partial charge in [0.05, 0.1) is 11.0 Å². The van der Waals surface area contributed by atoms with E-state index in [4.69, 9.17) is 19.4 Å². The van der Waals surface area contributed by atoms with Crippen molar-refractivity contribution in [3.05, 3.63) is 170 Å². The molecule has 11 aromatic rings. The number of aromatic nitrogens is 4. The van der Waals surface area contributed by atoms with Crippen LogP contribution < -0.4 is 0 Å². The van der Waals surface area contributed by atoms with Gasteiger partial charge < -0.3 is 8.98 Å². The largest absolute Gasteiger partial charge is 0.455 e. The van der Waals surface area contributed by atoms with Crippen LogP contribution in [0.2, 0.25) is 0 Å². The van der Waals surface area contributed by atoms with Gasteiger partial charge in [-0.25, -0.2) is 15.0 Å². The summed E-state index contributed by atoms with van der Waals surface area (Å²) in [7, 11) is 0. The van der Waals surface area contributed by atoms with Crippen LogP contribution in [-0.4, -0.2) is 19.5 Å². The molecule has 5 nitrogen and oxygen atoms in total. The third kappa shape index (κ3) is 4.33. The third-order valence-electron chi connectivity index (χ3n) is 10.2. The summed E-state index contributed by atoms with van der Waals surface area (Å²) in [5, 5.41) is 9.30. The minimum atomic E-state index is 0.621. The second-order valence-electron chi connectivity index (χ2n) is 13.2. The number of benzene rings is 8. The highest BCUT2D eigenvalue weighted by Gasteiger charge is 2.21. The highest BCUT2D eigenvalue weighted by atomic mass is 16.3. The van der Waals surface area contributed by atoms with Crippen LogP contribution in [-0.2, 0) is 0 Å². The number of hydrogen-bond donors (Lipinski definition) is 0. The molecule has 52 heavy (non-hydrogen) atoms. The van der Waals surface area contributed by atoms with Crippen LogP contribution in [0.25, 0.3) is 105 Å². The van der Waals surface area contributed by atoms with Crippen LogP contribution in [0.15, 0.2) is 174 Å². The maximum absolute atomic E-state index is 6.69. The minimum absolute atomic E-state index is 0.621. The first kappa shape index (κ1) is 28.7. The molecular formula is C47H28N4O.